The van der Waals surface area contributed by atoms with Crippen LogP contribution in [0.3, 0.4) is 0 Å². The number of halogens is 1. The van der Waals surface area contributed by atoms with Crippen LogP contribution < -0.4 is 5.32 Å². The van der Waals surface area contributed by atoms with Crippen molar-refractivity contribution >= 4 is 17.1 Å². The third kappa shape index (κ3) is 2.92. The molecule has 9 rings (SSSR count). The molecule has 184 valence electrons. The van der Waals surface area contributed by atoms with Crippen molar-refractivity contribution in [3.05, 3.63) is 66.4 Å². The number of imidazole rings is 1. The summed E-state index contributed by atoms with van der Waals surface area (Å²) in [4.78, 5) is 8.98. The molecule has 2 aromatic carbocycles. The van der Waals surface area contributed by atoms with Crippen molar-refractivity contribution < 1.29 is 13.9 Å². The van der Waals surface area contributed by atoms with Crippen LogP contribution in [0.25, 0.3) is 22.4 Å². The second kappa shape index (κ2) is 7.42. The third-order valence-electron chi connectivity index (χ3n) is 9.72. The van der Waals surface area contributed by atoms with Crippen LogP contribution >= 0.6 is 0 Å². The van der Waals surface area contributed by atoms with E-state index < -0.39 is 6.10 Å². The van der Waals surface area contributed by atoms with Crippen molar-refractivity contribution in [1.29, 1.82) is 0 Å². The fourth-order valence-electron chi connectivity index (χ4n) is 8.50. The van der Waals surface area contributed by atoms with Gasteiger partial charge >= 0.3 is 0 Å². The average molecular weight is 485 g/mol. The minimum absolute atomic E-state index is 0.106. The van der Waals surface area contributed by atoms with Crippen molar-refractivity contribution in [2.45, 2.75) is 56.7 Å². The highest BCUT2D eigenvalue weighted by atomic mass is 19.1. The number of nitrogens with zero attached hydrogens (tertiary/aromatic N) is 3. The Labute approximate surface area is 208 Å². The van der Waals surface area contributed by atoms with E-state index in [-0.39, 0.29) is 17.3 Å². The van der Waals surface area contributed by atoms with Gasteiger partial charge in [0.05, 0.1) is 30.4 Å². The van der Waals surface area contributed by atoms with E-state index in [0.29, 0.717) is 41.8 Å². The first-order valence-corrected chi connectivity index (χ1v) is 13.2. The number of anilines is 1. The zero-order chi connectivity index (χ0) is 24.0. The lowest BCUT2D eigenvalue weighted by Gasteiger charge is -2.61. The highest BCUT2D eigenvalue weighted by molar-refractivity contribution is 5.74. The van der Waals surface area contributed by atoms with Crippen LogP contribution in [0.4, 0.5) is 10.4 Å². The first-order chi connectivity index (χ1) is 17.6. The van der Waals surface area contributed by atoms with E-state index in [2.05, 4.69) is 19.9 Å². The largest absolute Gasteiger partial charge is 0.424 e. The van der Waals surface area contributed by atoms with Crippen molar-refractivity contribution in [2.75, 3.05) is 5.32 Å². The van der Waals surface area contributed by atoms with Gasteiger partial charge in [-0.25, -0.2) is 9.37 Å². The molecule has 0 spiro atoms. The second-order valence-electron chi connectivity index (χ2n) is 11.6. The molecule has 4 bridgehead atoms. The molecule has 4 saturated carbocycles. The fourth-order valence-corrected chi connectivity index (χ4v) is 8.50. The molecule has 4 aromatic rings. The number of aliphatic hydroxyl groups is 1. The standard InChI is InChI=1S/C29H29FN4O2/c30-20-5-3-4-19-23-14-31-15-34(23)22(26(19)20)10-25(35)29-11-16-8-17(12-29)27(18(9-16)13-29)33-28-32-21-6-1-2-7-24(21)36-28/h1-7,14-18,22,25,27,35H,8-13H2,(H,32,33)/t16?,17?,18?,22-,25-,27?,29?/m0/s1. The summed E-state index contributed by atoms with van der Waals surface area (Å²) in [6.45, 7) is 0. The SMILES string of the molecule is O[C@@H](C[C@H]1c2c(F)cccc2-c2cncn21)C12CC3CC(C1)C(Nc1nc4ccccc4o1)C(C3)C2. The summed E-state index contributed by atoms with van der Waals surface area (Å²) in [7, 11) is 0. The number of benzene rings is 2. The van der Waals surface area contributed by atoms with Gasteiger partial charge in [0.2, 0.25) is 0 Å². The van der Waals surface area contributed by atoms with Gasteiger partial charge in [-0.2, -0.15) is 4.98 Å². The monoisotopic (exact) mass is 484 g/mol. The number of nitrogens with one attached hydrogen (secondary N) is 1. The lowest BCUT2D eigenvalue weighted by Crippen LogP contribution is -2.59. The number of aliphatic hydroxyl groups excluding tert-OH is 1. The lowest BCUT2D eigenvalue weighted by atomic mass is 9.46. The molecule has 2 N–H and O–H groups in total. The molecule has 2 aromatic heterocycles. The van der Waals surface area contributed by atoms with Crippen LogP contribution in [0.15, 0.2) is 59.4 Å². The first kappa shape index (κ1) is 20.9. The summed E-state index contributed by atoms with van der Waals surface area (Å²) in [6.07, 6.45) is 9.06. The van der Waals surface area contributed by atoms with Crippen LogP contribution in [-0.4, -0.2) is 31.8 Å². The zero-order valence-electron chi connectivity index (χ0n) is 20.0. The van der Waals surface area contributed by atoms with Gasteiger partial charge in [0.1, 0.15) is 11.3 Å². The summed E-state index contributed by atoms with van der Waals surface area (Å²) in [6, 6.07) is 13.8. The van der Waals surface area contributed by atoms with Crippen LogP contribution in [0, 0.1) is 29.0 Å². The summed E-state index contributed by atoms with van der Waals surface area (Å²) in [5.41, 5.74) is 4.11. The fraction of sp³-hybridized carbons (Fsp3) is 0.448. The minimum Gasteiger partial charge on any atom is -0.424 e. The topological polar surface area (TPSA) is 76.1 Å². The predicted molar refractivity (Wildman–Crippen MR) is 134 cm³/mol. The van der Waals surface area contributed by atoms with E-state index in [4.69, 9.17) is 4.42 Å². The van der Waals surface area contributed by atoms with Gasteiger partial charge in [0.25, 0.3) is 6.01 Å². The molecule has 4 atom stereocenters. The average Bonchev–Trinajstić information content (AvgIpc) is 3.57. The van der Waals surface area contributed by atoms with Crippen molar-refractivity contribution in [3.8, 4) is 11.3 Å². The molecule has 6 nitrogen and oxygen atoms in total. The molecule has 1 aliphatic heterocycles. The van der Waals surface area contributed by atoms with E-state index in [0.717, 1.165) is 41.6 Å². The Bertz CT molecular complexity index is 1430. The summed E-state index contributed by atoms with van der Waals surface area (Å²) in [5, 5.41) is 15.5. The Morgan fingerprint density at radius 2 is 1.94 bits per heavy atom. The van der Waals surface area contributed by atoms with E-state index in [1.165, 1.54) is 18.9 Å². The molecule has 5 aliphatic rings. The Hall–Kier alpha value is -3.19. The van der Waals surface area contributed by atoms with Crippen LogP contribution in [0.1, 0.15) is 50.1 Å². The van der Waals surface area contributed by atoms with Crippen LogP contribution in [0.5, 0.6) is 0 Å². The van der Waals surface area contributed by atoms with Crippen molar-refractivity contribution in [1.82, 2.24) is 14.5 Å². The second-order valence-corrected chi connectivity index (χ2v) is 11.6. The van der Waals surface area contributed by atoms with E-state index in [9.17, 15) is 9.50 Å². The van der Waals surface area contributed by atoms with Gasteiger partial charge in [0, 0.05) is 17.2 Å². The molecule has 7 heteroatoms. The molecular weight excluding hydrogens is 455 g/mol. The van der Waals surface area contributed by atoms with E-state index in [1.807, 2.05) is 30.3 Å². The number of fused-ring (bicyclic) bond motifs is 4. The Balaban J connectivity index is 1.06. The molecule has 0 amide bonds. The van der Waals surface area contributed by atoms with Crippen molar-refractivity contribution in [3.63, 3.8) is 0 Å². The van der Waals surface area contributed by atoms with Gasteiger partial charge in [-0.15, -0.1) is 0 Å². The van der Waals surface area contributed by atoms with Gasteiger partial charge in [-0.3, -0.25) is 0 Å². The van der Waals surface area contributed by atoms with Gasteiger partial charge < -0.3 is 19.4 Å². The molecular formula is C29H29FN4O2. The maximum absolute atomic E-state index is 15.0. The van der Waals surface area contributed by atoms with Gasteiger partial charge in [0.15, 0.2) is 5.58 Å². The van der Waals surface area contributed by atoms with E-state index in [1.54, 1.807) is 18.6 Å². The van der Waals surface area contributed by atoms with Crippen LogP contribution in [-0.2, 0) is 0 Å². The molecule has 0 radical (unpaired) electrons. The zero-order valence-corrected chi connectivity index (χ0v) is 20.0. The highest BCUT2D eigenvalue weighted by Crippen LogP contribution is 2.63. The maximum atomic E-state index is 15.0. The maximum Gasteiger partial charge on any atom is 0.295 e. The Morgan fingerprint density at radius 3 is 2.78 bits per heavy atom. The summed E-state index contributed by atoms with van der Waals surface area (Å²) < 4.78 is 23.0. The Kier molecular flexibility index (Phi) is 4.32. The predicted octanol–water partition coefficient (Wildman–Crippen LogP) is 5.79. The number of oxazole rings is 1. The lowest BCUT2D eigenvalue weighted by molar-refractivity contribution is -0.129. The van der Waals surface area contributed by atoms with Crippen LogP contribution in [0.2, 0.25) is 0 Å². The minimum atomic E-state index is -0.485. The number of rotatable bonds is 5. The van der Waals surface area contributed by atoms with Gasteiger partial charge in [-0.1, -0.05) is 24.3 Å². The number of aromatic nitrogens is 3. The number of hydrogen-bond donors (Lipinski definition) is 2. The summed E-state index contributed by atoms with van der Waals surface area (Å²) in [5.74, 6) is 1.42. The molecule has 0 saturated heterocycles. The Morgan fingerprint density at radius 1 is 1.11 bits per heavy atom. The van der Waals surface area contributed by atoms with Crippen molar-refractivity contribution in [2.24, 2.45) is 23.2 Å². The number of para-hydroxylation sites is 2. The quantitative estimate of drug-likeness (QED) is 0.375. The van der Waals surface area contributed by atoms with Gasteiger partial charge in [-0.05, 0) is 79.9 Å². The smallest absolute Gasteiger partial charge is 0.295 e. The van der Waals surface area contributed by atoms with E-state index >= 15 is 0 Å². The molecule has 4 fully saturated rings. The number of hydrogen-bond acceptors (Lipinski definition) is 5. The molecule has 4 aliphatic carbocycles. The first-order valence-electron chi connectivity index (χ1n) is 13.2. The molecule has 3 heterocycles. The molecule has 36 heavy (non-hydrogen) atoms. The molecule has 2 unspecified atom stereocenters. The third-order valence-corrected chi connectivity index (χ3v) is 9.72. The highest BCUT2D eigenvalue weighted by Gasteiger charge is 2.58. The normalized spacial score (nSPS) is 32.6. The summed E-state index contributed by atoms with van der Waals surface area (Å²) >= 11 is 0.